The van der Waals surface area contributed by atoms with Crippen molar-refractivity contribution < 1.29 is 13.2 Å². The number of sulfonamides is 1. The number of hydrogen-bond acceptors (Lipinski definition) is 5. The van der Waals surface area contributed by atoms with Gasteiger partial charge in [-0.3, -0.25) is 9.52 Å². The summed E-state index contributed by atoms with van der Waals surface area (Å²) in [4.78, 5) is 17.0. The van der Waals surface area contributed by atoms with E-state index in [9.17, 15) is 13.2 Å². The van der Waals surface area contributed by atoms with Crippen molar-refractivity contribution in [2.75, 3.05) is 10.0 Å². The molecule has 0 unspecified atom stereocenters. The summed E-state index contributed by atoms with van der Waals surface area (Å²) in [5.74, 6) is -0.0721. The molecule has 0 aliphatic heterocycles. The average molecular weight is 452 g/mol. The maximum Gasteiger partial charge on any atom is 0.263 e. The summed E-state index contributed by atoms with van der Waals surface area (Å²) in [6.45, 7) is 1.89. The second-order valence-corrected chi connectivity index (χ2v) is 9.82. The molecule has 6 nitrogen and oxygen atoms in total. The number of nitrogens with zero attached hydrogens (tertiary/aromatic N) is 1. The van der Waals surface area contributed by atoms with Crippen LogP contribution < -0.4 is 10.0 Å². The van der Waals surface area contributed by atoms with E-state index in [2.05, 4.69) is 15.0 Å². The predicted octanol–water partition coefficient (Wildman–Crippen LogP) is 4.98. The number of thiazole rings is 1. The first-order valence-electron chi connectivity index (χ1n) is 9.73. The van der Waals surface area contributed by atoms with E-state index < -0.39 is 10.0 Å². The third-order valence-corrected chi connectivity index (χ3v) is 7.13. The van der Waals surface area contributed by atoms with E-state index >= 15 is 0 Å². The van der Waals surface area contributed by atoms with Crippen molar-refractivity contribution in [2.24, 2.45) is 0 Å². The molecule has 0 radical (unpaired) electrons. The van der Waals surface area contributed by atoms with Crippen LogP contribution in [0.15, 0.2) is 77.7 Å². The van der Waals surface area contributed by atoms with E-state index in [4.69, 9.17) is 0 Å². The van der Waals surface area contributed by atoms with Crippen LogP contribution in [0.1, 0.15) is 17.5 Å². The number of aromatic nitrogens is 1. The number of amides is 1. The molecule has 0 aliphatic rings. The molecule has 31 heavy (non-hydrogen) atoms. The number of nitrogens with one attached hydrogen (secondary N) is 2. The van der Waals surface area contributed by atoms with E-state index in [0.717, 1.165) is 15.8 Å². The molecule has 0 bridgehead atoms. The van der Waals surface area contributed by atoms with E-state index in [1.807, 2.05) is 49.4 Å². The number of rotatable bonds is 7. The topological polar surface area (TPSA) is 88.2 Å². The Morgan fingerprint density at radius 2 is 1.68 bits per heavy atom. The summed E-state index contributed by atoms with van der Waals surface area (Å²) in [6.07, 6.45) is 1.05. The Kier molecular flexibility index (Phi) is 6.01. The highest BCUT2D eigenvalue weighted by atomic mass is 32.2. The van der Waals surface area contributed by atoms with Gasteiger partial charge in [-0.25, -0.2) is 13.4 Å². The summed E-state index contributed by atoms with van der Waals surface area (Å²) in [5.41, 5.74) is 3.35. The Morgan fingerprint density at radius 3 is 2.39 bits per heavy atom. The monoisotopic (exact) mass is 451 g/mol. The van der Waals surface area contributed by atoms with Crippen LogP contribution in [0.2, 0.25) is 0 Å². The lowest BCUT2D eigenvalue weighted by Gasteiger charge is -2.07. The van der Waals surface area contributed by atoms with Gasteiger partial charge in [-0.1, -0.05) is 59.9 Å². The van der Waals surface area contributed by atoms with E-state index in [1.165, 1.54) is 23.5 Å². The fourth-order valence-electron chi connectivity index (χ4n) is 3.21. The van der Waals surface area contributed by atoms with Crippen molar-refractivity contribution in [3.8, 4) is 0 Å². The number of fused-ring (bicyclic) bond motifs is 1. The van der Waals surface area contributed by atoms with E-state index in [-0.39, 0.29) is 15.9 Å². The molecule has 8 heteroatoms. The molecule has 1 aromatic heterocycles. The normalized spacial score (nSPS) is 11.4. The zero-order chi connectivity index (χ0) is 21.8. The second kappa shape index (κ2) is 8.87. The summed E-state index contributed by atoms with van der Waals surface area (Å²) >= 11 is 1.23. The first kappa shape index (κ1) is 21.0. The van der Waals surface area contributed by atoms with Gasteiger partial charge in [0.25, 0.3) is 10.0 Å². The molecule has 0 aliphatic carbocycles. The Hall–Kier alpha value is -3.23. The molecule has 0 atom stereocenters. The number of anilines is 2. The predicted molar refractivity (Wildman–Crippen MR) is 125 cm³/mol. The molecule has 1 heterocycles. The fourth-order valence-corrected chi connectivity index (χ4v) is 5.45. The fraction of sp³-hybridized carbons (Fsp3) is 0.130. The highest BCUT2D eigenvalue weighted by Gasteiger charge is 2.17. The van der Waals surface area contributed by atoms with Crippen LogP contribution >= 0.6 is 11.3 Å². The van der Waals surface area contributed by atoms with Gasteiger partial charge >= 0.3 is 0 Å². The van der Waals surface area contributed by atoms with Crippen LogP contribution in [0.25, 0.3) is 10.2 Å². The van der Waals surface area contributed by atoms with Crippen molar-refractivity contribution in [1.29, 1.82) is 0 Å². The summed E-state index contributed by atoms with van der Waals surface area (Å²) in [6, 6.07) is 21.7. The van der Waals surface area contributed by atoms with Crippen molar-refractivity contribution in [1.82, 2.24) is 4.98 Å². The highest BCUT2D eigenvalue weighted by Crippen LogP contribution is 2.32. The standard InChI is InChI=1S/C23H21N3O3S2/c1-16-14-18(24-21(27)13-12-17-8-4-2-5-9-17)15-20-22(16)25-23(30-20)26-31(28,29)19-10-6-3-7-11-19/h2-11,14-15H,12-13H2,1H3,(H,24,27)(H,25,26). The molecule has 4 aromatic rings. The lowest BCUT2D eigenvalue weighted by atomic mass is 10.1. The minimum absolute atomic E-state index is 0.0721. The first-order chi connectivity index (χ1) is 14.9. The number of hydrogen-bond donors (Lipinski definition) is 2. The van der Waals surface area contributed by atoms with Gasteiger partial charge in [-0.2, -0.15) is 0 Å². The van der Waals surface area contributed by atoms with Gasteiger partial charge in [0.05, 0.1) is 15.1 Å². The molecular formula is C23H21N3O3S2. The maximum atomic E-state index is 12.6. The zero-order valence-corrected chi connectivity index (χ0v) is 18.5. The van der Waals surface area contributed by atoms with Gasteiger partial charge in [-0.05, 0) is 48.7 Å². The van der Waals surface area contributed by atoms with Gasteiger partial charge < -0.3 is 5.32 Å². The van der Waals surface area contributed by atoms with Crippen LogP contribution in [-0.4, -0.2) is 19.3 Å². The third-order valence-electron chi connectivity index (χ3n) is 4.73. The van der Waals surface area contributed by atoms with Crippen molar-refractivity contribution in [3.63, 3.8) is 0 Å². The summed E-state index contributed by atoms with van der Waals surface area (Å²) < 4.78 is 28.5. The maximum absolute atomic E-state index is 12.6. The molecule has 158 valence electrons. The van der Waals surface area contributed by atoms with Crippen molar-refractivity contribution in [2.45, 2.75) is 24.7 Å². The quantitative estimate of drug-likeness (QED) is 0.415. The second-order valence-electron chi connectivity index (χ2n) is 7.11. The smallest absolute Gasteiger partial charge is 0.263 e. The molecular weight excluding hydrogens is 430 g/mol. The number of aryl methyl sites for hydroxylation is 2. The summed E-state index contributed by atoms with van der Waals surface area (Å²) in [5, 5.41) is 3.22. The molecule has 4 rings (SSSR count). The number of carbonyl (C=O) groups is 1. The molecule has 1 amide bonds. The zero-order valence-electron chi connectivity index (χ0n) is 16.8. The molecule has 0 spiro atoms. The SMILES string of the molecule is Cc1cc(NC(=O)CCc2ccccc2)cc2sc(NS(=O)(=O)c3ccccc3)nc12. The number of carbonyl (C=O) groups excluding carboxylic acids is 1. The van der Waals surface area contributed by atoms with E-state index in [1.54, 1.807) is 18.2 Å². The minimum Gasteiger partial charge on any atom is -0.326 e. The lowest BCUT2D eigenvalue weighted by Crippen LogP contribution is -2.12. The average Bonchev–Trinajstić information content (AvgIpc) is 3.16. The molecule has 0 saturated heterocycles. The van der Waals surface area contributed by atoms with Crippen LogP contribution in [-0.2, 0) is 21.2 Å². The van der Waals surface area contributed by atoms with Crippen molar-refractivity contribution in [3.05, 3.63) is 83.9 Å². The molecule has 2 N–H and O–H groups in total. The van der Waals surface area contributed by atoms with Crippen LogP contribution in [0, 0.1) is 6.92 Å². The lowest BCUT2D eigenvalue weighted by molar-refractivity contribution is -0.116. The van der Waals surface area contributed by atoms with Gasteiger partial charge in [-0.15, -0.1) is 0 Å². The van der Waals surface area contributed by atoms with Crippen LogP contribution in [0.4, 0.5) is 10.8 Å². The Labute approximate surface area is 185 Å². The van der Waals surface area contributed by atoms with Gasteiger partial charge in [0.1, 0.15) is 0 Å². The van der Waals surface area contributed by atoms with Crippen LogP contribution in [0.5, 0.6) is 0 Å². The molecule has 0 fully saturated rings. The Bertz CT molecular complexity index is 1320. The minimum atomic E-state index is -3.71. The highest BCUT2D eigenvalue weighted by molar-refractivity contribution is 7.93. The van der Waals surface area contributed by atoms with Crippen LogP contribution in [0.3, 0.4) is 0 Å². The Balaban J connectivity index is 1.49. The first-order valence-corrected chi connectivity index (χ1v) is 12.0. The molecule has 0 saturated carbocycles. The third kappa shape index (κ3) is 5.10. The summed E-state index contributed by atoms with van der Waals surface area (Å²) in [7, 11) is -3.71. The Morgan fingerprint density at radius 1 is 1.00 bits per heavy atom. The molecule has 3 aromatic carbocycles. The largest absolute Gasteiger partial charge is 0.326 e. The van der Waals surface area contributed by atoms with Gasteiger partial charge in [0, 0.05) is 12.1 Å². The number of benzene rings is 3. The van der Waals surface area contributed by atoms with E-state index in [0.29, 0.717) is 24.0 Å². The van der Waals surface area contributed by atoms with Gasteiger partial charge in [0.15, 0.2) is 5.13 Å². The van der Waals surface area contributed by atoms with Crippen molar-refractivity contribution >= 4 is 48.3 Å². The van der Waals surface area contributed by atoms with Gasteiger partial charge in [0.2, 0.25) is 5.91 Å².